The van der Waals surface area contributed by atoms with Gasteiger partial charge in [-0.2, -0.15) is 0 Å². The van der Waals surface area contributed by atoms with Gasteiger partial charge in [-0.3, -0.25) is 0 Å². The number of ether oxygens (including phenoxy) is 1. The zero-order valence-corrected chi connectivity index (χ0v) is 11.7. The average molecular weight is 282 g/mol. The van der Waals surface area contributed by atoms with Gasteiger partial charge in [-0.15, -0.1) is 0 Å². The lowest BCUT2D eigenvalue weighted by Crippen LogP contribution is -2.46. The van der Waals surface area contributed by atoms with E-state index in [1.165, 1.54) is 6.07 Å². The lowest BCUT2D eigenvalue weighted by atomic mass is 9.70. The van der Waals surface area contributed by atoms with Gasteiger partial charge in [0, 0.05) is 18.2 Å². The van der Waals surface area contributed by atoms with Crippen LogP contribution in [0.1, 0.15) is 49.3 Å². The number of rotatable bonds is 2. The number of aliphatic hydroxyl groups excluding tert-OH is 1. The number of halogens is 2. The minimum atomic E-state index is -0.879. The molecule has 2 nitrogen and oxygen atoms in total. The number of hydrogen-bond donors (Lipinski definition) is 1. The third-order valence-corrected chi connectivity index (χ3v) is 4.84. The molecule has 1 saturated heterocycles. The van der Waals surface area contributed by atoms with E-state index < -0.39 is 17.7 Å². The SMILES string of the molecule is Cc1cc(C(O)C2CCOC3(CCC3)C2)c(F)cc1F. The van der Waals surface area contributed by atoms with Crippen LogP contribution in [0.5, 0.6) is 0 Å². The Bertz CT molecular complexity index is 511. The summed E-state index contributed by atoms with van der Waals surface area (Å²) >= 11 is 0. The van der Waals surface area contributed by atoms with Crippen LogP contribution in [0.2, 0.25) is 0 Å². The van der Waals surface area contributed by atoms with Crippen LogP contribution in [0.25, 0.3) is 0 Å². The van der Waals surface area contributed by atoms with Gasteiger partial charge >= 0.3 is 0 Å². The van der Waals surface area contributed by atoms with Crippen molar-refractivity contribution < 1.29 is 18.6 Å². The number of aryl methyl sites for hydroxylation is 1. The van der Waals surface area contributed by atoms with Gasteiger partial charge in [0.1, 0.15) is 11.6 Å². The molecule has 0 bridgehead atoms. The van der Waals surface area contributed by atoms with Crippen LogP contribution in [0.15, 0.2) is 12.1 Å². The van der Waals surface area contributed by atoms with Gasteiger partial charge in [0.2, 0.25) is 0 Å². The number of aliphatic hydroxyl groups is 1. The van der Waals surface area contributed by atoms with Crippen LogP contribution >= 0.6 is 0 Å². The molecular weight excluding hydrogens is 262 g/mol. The molecule has 1 aliphatic carbocycles. The highest BCUT2D eigenvalue weighted by Crippen LogP contribution is 2.47. The molecule has 3 rings (SSSR count). The van der Waals surface area contributed by atoms with E-state index in [4.69, 9.17) is 4.74 Å². The quantitative estimate of drug-likeness (QED) is 0.897. The topological polar surface area (TPSA) is 29.5 Å². The van der Waals surface area contributed by atoms with Crippen molar-refractivity contribution in [2.45, 2.75) is 50.7 Å². The van der Waals surface area contributed by atoms with Gasteiger partial charge in [-0.05, 0) is 56.6 Å². The Morgan fingerprint density at radius 1 is 1.30 bits per heavy atom. The fourth-order valence-corrected chi connectivity index (χ4v) is 3.41. The van der Waals surface area contributed by atoms with E-state index in [2.05, 4.69) is 0 Å². The monoisotopic (exact) mass is 282 g/mol. The highest BCUT2D eigenvalue weighted by atomic mass is 19.1. The largest absolute Gasteiger partial charge is 0.388 e. The molecule has 4 heteroatoms. The van der Waals surface area contributed by atoms with Crippen molar-refractivity contribution in [3.05, 3.63) is 34.9 Å². The zero-order valence-electron chi connectivity index (χ0n) is 11.7. The summed E-state index contributed by atoms with van der Waals surface area (Å²) in [5, 5.41) is 10.5. The molecule has 20 heavy (non-hydrogen) atoms. The predicted octanol–water partition coefficient (Wildman–Crippen LogP) is 3.66. The van der Waals surface area contributed by atoms with Gasteiger partial charge in [-0.1, -0.05) is 0 Å². The van der Waals surface area contributed by atoms with Gasteiger partial charge in [-0.25, -0.2) is 8.78 Å². The van der Waals surface area contributed by atoms with Gasteiger partial charge in [0.15, 0.2) is 0 Å². The summed E-state index contributed by atoms with van der Waals surface area (Å²) in [6.07, 6.45) is 3.83. The Kier molecular flexibility index (Phi) is 3.55. The Hall–Kier alpha value is -1.00. The zero-order chi connectivity index (χ0) is 14.3. The molecule has 0 radical (unpaired) electrons. The fourth-order valence-electron chi connectivity index (χ4n) is 3.41. The molecule has 1 N–H and O–H groups in total. The Morgan fingerprint density at radius 3 is 2.70 bits per heavy atom. The Morgan fingerprint density at radius 2 is 2.05 bits per heavy atom. The standard InChI is InChI=1S/C16H20F2O2/c1-10-7-12(14(18)8-13(10)17)15(19)11-3-6-20-16(9-11)4-2-5-16/h7-8,11,15,19H,2-6,9H2,1H3. The van der Waals surface area contributed by atoms with Crippen molar-refractivity contribution in [1.82, 2.24) is 0 Å². The third kappa shape index (κ3) is 2.35. The van der Waals surface area contributed by atoms with E-state index in [1.54, 1.807) is 6.92 Å². The minimum absolute atomic E-state index is 0.0107. The summed E-state index contributed by atoms with van der Waals surface area (Å²) in [5.41, 5.74) is 0.492. The Labute approximate surface area is 117 Å². The van der Waals surface area contributed by atoms with Crippen LogP contribution in [-0.2, 0) is 4.74 Å². The molecule has 1 spiro atoms. The second kappa shape index (κ2) is 5.08. The summed E-state index contributed by atoms with van der Waals surface area (Å²) < 4.78 is 33.0. The maximum atomic E-state index is 13.9. The molecule has 0 aromatic heterocycles. The molecule has 1 heterocycles. The highest BCUT2D eigenvalue weighted by molar-refractivity contribution is 5.28. The second-order valence-electron chi connectivity index (χ2n) is 6.21. The van der Waals surface area contributed by atoms with E-state index >= 15 is 0 Å². The van der Waals surface area contributed by atoms with E-state index in [-0.39, 0.29) is 17.1 Å². The molecule has 1 saturated carbocycles. The molecule has 1 aromatic carbocycles. The molecule has 1 aliphatic heterocycles. The van der Waals surface area contributed by atoms with Crippen molar-refractivity contribution in [3.63, 3.8) is 0 Å². The van der Waals surface area contributed by atoms with Gasteiger partial charge < -0.3 is 9.84 Å². The summed E-state index contributed by atoms with van der Waals surface area (Å²) in [4.78, 5) is 0. The number of benzene rings is 1. The summed E-state index contributed by atoms with van der Waals surface area (Å²) in [5.74, 6) is -1.24. The van der Waals surface area contributed by atoms with Crippen LogP contribution in [-0.4, -0.2) is 17.3 Å². The fraction of sp³-hybridized carbons (Fsp3) is 0.625. The number of hydrogen-bond acceptors (Lipinski definition) is 2. The van der Waals surface area contributed by atoms with Crippen molar-refractivity contribution in [1.29, 1.82) is 0 Å². The van der Waals surface area contributed by atoms with E-state index in [1.807, 2.05) is 0 Å². The molecular formula is C16H20F2O2. The van der Waals surface area contributed by atoms with Crippen molar-refractivity contribution in [2.24, 2.45) is 5.92 Å². The average Bonchev–Trinajstić information content (AvgIpc) is 2.40. The van der Waals surface area contributed by atoms with Crippen LogP contribution < -0.4 is 0 Å². The van der Waals surface area contributed by atoms with E-state index in [9.17, 15) is 13.9 Å². The third-order valence-electron chi connectivity index (χ3n) is 4.84. The second-order valence-corrected chi connectivity index (χ2v) is 6.21. The van der Waals surface area contributed by atoms with Crippen molar-refractivity contribution in [3.8, 4) is 0 Å². The summed E-state index contributed by atoms with van der Waals surface area (Å²) in [6, 6.07) is 2.30. The first-order valence-corrected chi connectivity index (χ1v) is 7.28. The van der Waals surface area contributed by atoms with Crippen LogP contribution in [0.3, 0.4) is 0 Å². The highest BCUT2D eigenvalue weighted by Gasteiger charge is 2.44. The van der Waals surface area contributed by atoms with E-state index in [0.717, 1.165) is 38.2 Å². The van der Waals surface area contributed by atoms with Crippen molar-refractivity contribution in [2.75, 3.05) is 6.61 Å². The first kappa shape index (κ1) is 14.0. The summed E-state index contributed by atoms with van der Waals surface area (Å²) in [6.45, 7) is 2.20. The van der Waals surface area contributed by atoms with Crippen LogP contribution in [0.4, 0.5) is 8.78 Å². The van der Waals surface area contributed by atoms with E-state index in [0.29, 0.717) is 12.2 Å². The van der Waals surface area contributed by atoms with Gasteiger partial charge in [0.25, 0.3) is 0 Å². The normalized spacial score (nSPS) is 26.3. The molecule has 2 unspecified atom stereocenters. The first-order chi connectivity index (χ1) is 9.51. The molecule has 110 valence electrons. The molecule has 2 aliphatic rings. The Balaban J connectivity index is 1.81. The van der Waals surface area contributed by atoms with Gasteiger partial charge in [0.05, 0.1) is 11.7 Å². The minimum Gasteiger partial charge on any atom is -0.388 e. The molecule has 0 amide bonds. The molecule has 2 fully saturated rings. The predicted molar refractivity (Wildman–Crippen MR) is 71.3 cm³/mol. The van der Waals surface area contributed by atoms with Crippen LogP contribution in [0, 0.1) is 24.5 Å². The molecule has 2 atom stereocenters. The molecule has 1 aromatic rings. The lowest BCUT2D eigenvalue weighted by Gasteiger charge is -2.48. The summed E-state index contributed by atoms with van der Waals surface area (Å²) in [7, 11) is 0. The maximum Gasteiger partial charge on any atom is 0.131 e. The first-order valence-electron chi connectivity index (χ1n) is 7.28. The maximum absolute atomic E-state index is 13.9. The lowest BCUT2D eigenvalue weighted by molar-refractivity contribution is -0.157. The smallest absolute Gasteiger partial charge is 0.131 e. The van der Waals surface area contributed by atoms with Crippen molar-refractivity contribution >= 4 is 0 Å².